The first-order chi connectivity index (χ1) is 6.81. The average molecular weight is 198 g/mol. The van der Waals surface area contributed by atoms with Crippen molar-refractivity contribution in [2.45, 2.75) is 64.9 Å². The molecule has 0 fully saturated rings. The molecule has 0 aliphatic carbocycles. The third-order valence-electron chi connectivity index (χ3n) is 2.38. The molecule has 0 saturated carbocycles. The van der Waals surface area contributed by atoms with Crippen molar-refractivity contribution in [1.29, 1.82) is 0 Å². The molecular weight excluding hydrogens is 172 g/mol. The predicted octanol–water partition coefficient (Wildman–Crippen LogP) is 4.33. The van der Waals surface area contributed by atoms with E-state index in [1.54, 1.807) is 0 Å². The van der Waals surface area contributed by atoms with Gasteiger partial charge in [0.2, 0.25) is 0 Å². The van der Waals surface area contributed by atoms with Gasteiger partial charge in [-0.3, -0.25) is 0 Å². The fraction of sp³-hybridized carbons (Fsp3) is 0.846. The maximum Gasteiger partial charge on any atom is 0.0547 e. The van der Waals surface area contributed by atoms with Gasteiger partial charge in [-0.2, -0.15) is 0 Å². The highest BCUT2D eigenvalue weighted by molar-refractivity contribution is 4.65. The molecule has 0 N–H and O–H groups in total. The number of allylic oxidation sites excluding steroid dienone is 1. The summed E-state index contributed by atoms with van der Waals surface area (Å²) in [5, 5.41) is 0. The summed E-state index contributed by atoms with van der Waals surface area (Å²) >= 11 is 0. The summed E-state index contributed by atoms with van der Waals surface area (Å²) in [4.78, 5) is 0. The highest BCUT2D eigenvalue weighted by Crippen LogP contribution is 2.09. The van der Waals surface area contributed by atoms with Gasteiger partial charge in [0.05, 0.1) is 6.10 Å². The van der Waals surface area contributed by atoms with Crippen LogP contribution in [0.5, 0.6) is 0 Å². The van der Waals surface area contributed by atoms with Crippen LogP contribution in [0.4, 0.5) is 0 Å². The third kappa shape index (κ3) is 9.79. The molecule has 0 radical (unpaired) electrons. The van der Waals surface area contributed by atoms with E-state index in [1.165, 1.54) is 38.5 Å². The molecule has 0 spiro atoms. The first-order valence-corrected chi connectivity index (χ1v) is 6.03. The van der Waals surface area contributed by atoms with E-state index in [4.69, 9.17) is 4.74 Å². The van der Waals surface area contributed by atoms with Crippen molar-refractivity contribution in [2.75, 3.05) is 6.61 Å². The van der Waals surface area contributed by atoms with Crippen LogP contribution in [0.1, 0.15) is 58.8 Å². The second-order valence-corrected chi connectivity index (χ2v) is 3.96. The van der Waals surface area contributed by atoms with E-state index in [2.05, 4.69) is 20.4 Å². The average Bonchev–Trinajstić information content (AvgIpc) is 2.20. The van der Waals surface area contributed by atoms with Gasteiger partial charge in [0, 0.05) is 6.61 Å². The third-order valence-corrected chi connectivity index (χ3v) is 2.38. The molecule has 1 unspecified atom stereocenters. The molecule has 0 bridgehead atoms. The molecule has 0 heterocycles. The number of hydrogen-bond acceptors (Lipinski definition) is 1. The van der Waals surface area contributed by atoms with Crippen molar-refractivity contribution in [3.05, 3.63) is 12.7 Å². The fourth-order valence-corrected chi connectivity index (χ4v) is 1.48. The molecule has 0 saturated heterocycles. The van der Waals surface area contributed by atoms with Crippen LogP contribution in [-0.2, 0) is 4.74 Å². The molecular formula is C13H26O. The van der Waals surface area contributed by atoms with E-state index >= 15 is 0 Å². The molecule has 1 nitrogen and oxygen atoms in total. The Hall–Kier alpha value is -0.300. The smallest absolute Gasteiger partial charge is 0.0547 e. The van der Waals surface area contributed by atoms with Gasteiger partial charge >= 0.3 is 0 Å². The van der Waals surface area contributed by atoms with Crippen molar-refractivity contribution < 1.29 is 4.74 Å². The zero-order chi connectivity index (χ0) is 10.6. The largest absolute Gasteiger partial charge is 0.379 e. The fourth-order valence-electron chi connectivity index (χ4n) is 1.48. The molecule has 1 heteroatoms. The summed E-state index contributed by atoms with van der Waals surface area (Å²) in [5.41, 5.74) is 0. The lowest BCUT2D eigenvalue weighted by molar-refractivity contribution is 0.0589. The van der Waals surface area contributed by atoms with Gasteiger partial charge in [0.15, 0.2) is 0 Å². The van der Waals surface area contributed by atoms with Crippen LogP contribution in [-0.4, -0.2) is 12.7 Å². The maximum atomic E-state index is 5.60. The molecule has 0 aromatic carbocycles. The number of unbranched alkanes of at least 4 members (excludes halogenated alkanes) is 4. The molecule has 0 aromatic heterocycles. The summed E-state index contributed by atoms with van der Waals surface area (Å²) in [5.74, 6) is 0. The second-order valence-electron chi connectivity index (χ2n) is 3.96. The molecule has 0 amide bonds. The summed E-state index contributed by atoms with van der Waals surface area (Å²) < 4.78 is 5.60. The SMILES string of the molecule is C=CCCCCCCC(C)OCCC. The predicted molar refractivity (Wildman–Crippen MR) is 63.6 cm³/mol. The lowest BCUT2D eigenvalue weighted by atomic mass is 10.1. The highest BCUT2D eigenvalue weighted by Gasteiger charge is 2.00. The minimum atomic E-state index is 0.453. The highest BCUT2D eigenvalue weighted by atomic mass is 16.5. The Kier molecular flexibility index (Phi) is 10.5. The van der Waals surface area contributed by atoms with Crippen molar-refractivity contribution in [3.63, 3.8) is 0 Å². The van der Waals surface area contributed by atoms with Crippen LogP contribution in [0.2, 0.25) is 0 Å². The maximum absolute atomic E-state index is 5.60. The van der Waals surface area contributed by atoms with Gasteiger partial charge in [0.1, 0.15) is 0 Å². The van der Waals surface area contributed by atoms with E-state index in [0.29, 0.717) is 6.10 Å². The summed E-state index contributed by atoms with van der Waals surface area (Å²) in [6.07, 6.45) is 11.3. The molecule has 1 atom stereocenters. The van der Waals surface area contributed by atoms with Gasteiger partial charge in [-0.15, -0.1) is 6.58 Å². The van der Waals surface area contributed by atoms with Gasteiger partial charge in [-0.25, -0.2) is 0 Å². The Balaban J connectivity index is 3.06. The summed E-state index contributed by atoms with van der Waals surface area (Å²) in [7, 11) is 0. The Morgan fingerprint density at radius 1 is 1.21 bits per heavy atom. The van der Waals surface area contributed by atoms with E-state index in [-0.39, 0.29) is 0 Å². The summed E-state index contributed by atoms with van der Waals surface area (Å²) in [6, 6.07) is 0. The number of ether oxygens (including phenoxy) is 1. The molecule has 0 aromatic rings. The van der Waals surface area contributed by atoms with Gasteiger partial charge < -0.3 is 4.74 Å². The molecule has 0 aliphatic rings. The Morgan fingerprint density at radius 3 is 2.57 bits per heavy atom. The number of rotatable bonds is 10. The first kappa shape index (κ1) is 13.7. The Bertz CT molecular complexity index is 120. The van der Waals surface area contributed by atoms with Crippen molar-refractivity contribution in [3.8, 4) is 0 Å². The van der Waals surface area contributed by atoms with E-state index < -0.39 is 0 Å². The van der Waals surface area contributed by atoms with Crippen LogP contribution in [0.3, 0.4) is 0 Å². The summed E-state index contributed by atoms with van der Waals surface area (Å²) in [6.45, 7) is 8.97. The lowest BCUT2D eigenvalue weighted by Crippen LogP contribution is -2.08. The van der Waals surface area contributed by atoms with Crippen molar-refractivity contribution in [1.82, 2.24) is 0 Å². The van der Waals surface area contributed by atoms with Gasteiger partial charge in [-0.1, -0.05) is 32.3 Å². The monoisotopic (exact) mass is 198 g/mol. The van der Waals surface area contributed by atoms with Crippen LogP contribution in [0.25, 0.3) is 0 Å². The standard InChI is InChI=1S/C13H26O/c1-4-6-7-8-9-10-11-13(3)14-12-5-2/h4,13H,1,5-12H2,2-3H3. The first-order valence-electron chi connectivity index (χ1n) is 6.03. The minimum Gasteiger partial charge on any atom is -0.379 e. The Labute approximate surface area is 89.5 Å². The Morgan fingerprint density at radius 2 is 1.93 bits per heavy atom. The van der Waals surface area contributed by atoms with Crippen LogP contribution in [0.15, 0.2) is 12.7 Å². The molecule has 14 heavy (non-hydrogen) atoms. The van der Waals surface area contributed by atoms with E-state index in [9.17, 15) is 0 Å². The van der Waals surface area contributed by atoms with Crippen LogP contribution in [0, 0.1) is 0 Å². The molecule has 0 aliphatic heterocycles. The zero-order valence-electron chi connectivity index (χ0n) is 9.93. The topological polar surface area (TPSA) is 9.23 Å². The van der Waals surface area contributed by atoms with Crippen LogP contribution < -0.4 is 0 Å². The quantitative estimate of drug-likeness (QED) is 0.375. The van der Waals surface area contributed by atoms with E-state index in [1.807, 2.05) is 6.08 Å². The number of hydrogen-bond donors (Lipinski definition) is 0. The van der Waals surface area contributed by atoms with Gasteiger partial charge in [-0.05, 0) is 32.6 Å². The van der Waals surface area contributed by atoms with Crippen molar-refractivity contribution in [2.24, 2.45) is 0 Å². The lowest BCUT2D eigenvalue weighted by Gasteiger charge is -2.11. The molecule has 84 valence electrons. The van der Waals surface area contributed by atoms with Crippen LogP contribution >= 0.6 is 0 Å². The normalized spacial score (nSPS) is 12.7. The van der Waals surface area contributed by atoms with Gasteiger partial charge in [0.25, 0.3) is 0 Å². The zero-order valence-corrected chi connectivity index (χ0v) is 9.93. The second kappa shape index (κ2) is 10.8. The van der Waals surface area contributed by atoms with E-state index in [0.717, 1.165) is 13.0 Å². The van der Waals surface area contributed by atoms with Crippen molar-refractivity contribution >= 4 is 0 Å². The minimum absolute atomic E-state index is 0.453. The molecule has 0 rings (SSSR count).